The number of hydrogen-bond donors (Lipinski definition) is 2. The molecule has 4 heteroatoms. The van der Waals surface area contributed by atoms with E-state index < -0.39 is 6.10 Å². The van der Waals surface area contributed by atoms with E-state index in [9.17, 15) is 5.11 Å². The van der Waals surface area contributed by atoms with Gasteiger partial charge in [-0.2, -0.15) is 0 Å². The molecule has 2 N–H and O–H groups in total. The number of pyridine rings is 1. The Bertz CT molecular complexity index is 361. The predicted molar refractivity (Wildman–Crippen MR) is 72.7 cm³/mol. The van der Waals surface area contributed by atoms with Crippen molar-refractivity contribution >= 4 is 0 Å². The number of aromatic nitrogens is 1. The molecule has 1 heterocycles. The Kier molecular flexibility index (Phi) is 5.56. The van der Waals surface area contributed by atoms with Crippen LogP contribution in [0.4, 0.5) is 0 Å². The van der Waals surface area contributed by atoms with E-state index >= 15 is 0 Å². The van der Waals surface area contributed by atoms with Crippen molar-refractivity contribution in [3.63, 3.8) is 0 Å². The molecule has 0 aliphatic carbocycles. The molecule has 0 radical (unpaired) electrons. The Labute approximate surface area is 109 Å². The number of aliphatic hydroxyl groups excluding tert-OH is 1. The topological polar surface area (TPSA) is 54.4 Å². The zero-order valence-electron chi connectivity index (χ0n) is 11.7. The van der Waals surface area contributed by atoms with Gasteiger partial charge < -0.3 is 15.2 Å². The second kappa shape index (κ2) is 6.71. The van der Waals surface area contributed by atoms with Gasteiger partial charge in [-0.25, -0.2) is 0 Å². The summed E-state index contributed by atoms with van der Waals surface area (Å²) in [6, 6.07) is 1.84. The average Bonchev–Trinajstić information content (AvgIpc) is 2.33. The lowest BCUT2D eigenvalue weighted by molar-refractivity contribution is 0.162. The smallest absolute Gasteiger partial charge is 0.137 e. The Morgan fingerprint density at radius 2 is 2.11 bits per heavy atom. The molecular weight excluding hydrogens is 228 g/mol. The molecular formula is C14H24N2O2. The zero-order chi connectivity index (χ0) is 13.6. The highest BCUT2D eigenvalue weighted by atomic mass is 16.5. The molecule has 0 spiro atoms. The van der Waals surface area contributed by atoms with Crippen molar-refractivity contribution in [2.24, 2.45) is 0 Å². The van der Waals surface area contributed by atoms with Gasteiger partial charge in [0.05, 0.1) is 18.9 Å². The van der Waals surface area contributed by atoms with Gasteiger partial charge in [0.25, 0.3) is 0 Å². The maximum atomic E-state index is 10.1. The summed E-state index contributed by atoms with van der Waals surface area (Å²) >= 11 is 0. The minimum absolute atomic E-state index is 0.00920. The Morgan fingerprint density at radius 1 is 1.39 bits per heavy atom. The van der Waals surface area contributed by atoms with E-state index in [2.05, 4.69) is 38.0 Å². The van der Waals surface area contributed by atoms with Gasteiger partial charge in [0.2, 0.25) is 0 Å². The van der Waals surface area contributed by atoms with Crippen LogP contribution >= 0.6 is 0 Å². The van der Waals surface area contributed by atoms with Crippen LogP contribution in [0.5, 0.6) is 5.75 Å². The van der Waals surface area contributed by atoms with Gasteiger partial charge in [-0.3, -0.25) is 4.98 Å². The van der Waals surface area contributed by atoms with Crippen molar-refractivity contribution in [1.82, 2.24) is 10.3 Å². The number of aliphatic hydroxyl groups is 1. The Hall–Kier alpha value is -1.13. The first-order chi connectivity index (χ1) is 8.42. The summed E-state index contributed by atoms with van der Waals surface area (Å²) in [4.78, 5) is 4.09. The van der Waals surface area contributed by atoms with Crippen LogP contribution in [0, 0.1) is 0 Å². The zero-order valence-corrected chi connectivity index (χ0v) is 11.7. The summed E-state index contributed by atoms with van der Waals surface area (Å²) in [6.07, 6.45) is 3.73. The summed E-state index contributed by atoms with van der Waals surface area (Å²) in [7, 11) is 0. The molecule has 0 saturated heterocycles. The third-order valence-corrected chi connectivity index (χ3v) is 2.42. The standard InChI is InChI=1S/C14H24N2O2/c1-5-6-18-12-7-11(8-15-9-12)13(17)10-16-14(2,3)4/h7-9,13,16-17H,5-6,10H2,1-4H3. The van der Waals surface area contributed by atoms with Gasteiger partial charge in [0.1, 0.15) is 5.75 Å². The number of hydrogen-bond acceptors (Lipinski definition) is 4. The summed E-state index contributed by atoms with van der Waals surface area (Å²) in [5.74, 6) is 0.712. The second-order valence-corrected chi connectivity index (χ2v) is 5.45. The summed E-state index contributed by atoms with van der Waals surface area (Å²) in [6.45, 7) is 9.43. The van der Waals surface area contributed by atoms with E-state index in [1.54, 1.807) is 12.4 Å². The number of nitrogens with one attached hydrogen (secondary N) is 1. The highest BCUT2D eigenvalue weighted by Crippen LogP contribution is 2.18. The highest BCUT2D eigenvalue weighted by Gasteiger charge is 2.14. The van der Waals surface area contributed by atoms with Crippen molar-refractivity contribution in [3.05, 3.63) is 24.0 Å². The lowest BCUT2D eigenvalue weighted by atomic mass is 10.1. The first kappa shape index (κ1) is 14.9. The predicted octanol–water partition coefficient (Wildman–Crippen LogP) is 2.29. The molecule has 1 unspecified atom stereocenters. The molecule has 18 heavy (non-hydrogen) atoms. The van der Waals surface area contributed by atoms with Gasteiger partial charge in [-0.15, -0.1) is 0 Å². The van der Waals surface area contributed by atoms with Crippen LogP contribution in [-0.4, -0.2) is 28.8 Å². The summed E-state index contributed by atoms with van der Waals surface area (Å²) in [5, 5.41) is 13.3. The molecule has 0 bridgehead atoms. The minimum Gasteiger partial charge on any atom is -0.492 e. The van der Waals surface area contributed by atoms with Crippen LogP contribution in [0.3, 0.4) is 0 Å². The third-order valence-electron chi connectivity index (χ3n) is 2.42. The Morgan fingerprint density at radius 3 is 2.72 bits per heavy atom. The molecule has 1 aromatic rings. The SMILES string of the molecule is CCCOc1cncc(C(O)CNC(C)(C)C)c1. The fourth-order valence-corrected chi connectivity index (χ4v) is 1.44. The molecule has 1 aromatic heterocycles. The van der Waals surface area contributed by atoms with E-state index in [1.165, 1.54) is 0 Å². The van der Waals surface area contributed by atoms with E-state index in [0.717, 1.165) is 12.0 Å². The van der Waals surface area contributed by atoms with Crippen molar-refractivity contribution < 1.29 is 9.84 Å². The van der Waals surface area contributed by atoms with E-state index in [1.807, 2.05) is 6.07 Å². The fourth-order valence-electron chi connectivity index (χ4n) is 1.44. The highest BCUT2D eigenvalue weighted by molar-refractivity contribution is 5.25. The lowest BCUT2D eigenvalue weighted by Gasteiger charge is -2.23. The largest absolute Gasteiger partial charge is 0.492 e. The van der Waals surface area contributed by atoms with E-state index in [-0.39, 0.29) is 5.54 Å². The van der Waals surface area contributed by atoms with Crippen molar-refractivity contribution in [2.45, 2.75) is 45.8 Å². The van der Waals surface area contributed by atoms with Gasteiger partial charge in [0.15, 0.2) is 0 Å². The summed E-state index contributed by atoms with van der Waals surface area (Å²) in [5.41, 5.74) is 0.769. The fraction of sp³-hybridized carbons (Fsp3) is 0.643. The molecule has 0 aromatic carbocycles. The van der Waals surface area contributed by atoms with E-state index in [4.69, 9.17) is 4.74 Å². The Balaban J connectivity index is 2.59. The van der Waals surface area contributed by atoms with Crippen LogP contribution < -0.4 is 10.1 Å². The molecule has 0 amide bonds. The van der Waals surface area contributed by atoms with Gasteiger partial charge in [0, 0.05) is 23.8 Å². The first-order valence-corrected chi connectivity index (χ1v) is 6.43. The normalized spacial score (nSPS) is 13.4. The van der Waals surface area contributed by atoms with Crippen molar-refractivity contribution in [3.8, 4) is 5.75 Å². The summed E-state index contributed by atoms with van der Waals surface area (Å²) < 4.78 is 5.50. The van der Waals surface area contributed by atoms with Crippen molar-refractivity contribution in [1.29, 1.82) is 0 Å². The molecule has 1 atom stereocenters. The van der Waals surface area contributed by atoms with Gasteiger partial charge >= 0.3 is 0 Å². The molecule has 1 rings (SSSR count). The molecule has 0 fully saturated rings. The first-order valence-electron chi connectivity index (χ1n) is 6.43. The van der Waals surface area contributed by atoms with Gasteiger partial charge in [-0.05, 0) is 33.3 Å². The molecule has 102 valence electrons. The van der Waals surface area contributed by atoms with Gasteiger partial charge in [-0.1, -0.05) is 6.92 Å². The monoisotopic (exact) mass is 252 g/mol. The van der Waals surface area contributed by atoms with Crippen LogP contribution in [0.1, 0.15) is 45.8 Å². The quantitative estimate of drug-likeness (QED) is 0.815. The number of β-amino-alcohol motifs (C(OH)–C–C–N with tert-alkyl or cyclic N) is 1. The molecule has 0 aliphatic rings. The maximum Gasteiger partial charge on any atom is 0.137 e. The van der Waals surface area contributed by atoms with Crippen LogP contribution in [0.25, 0.3) is 0 Å². The van der Waals surface area contributed by atoms with Crippen molar-refractivity contribution in [2.75, 3.05) is 13.2 Å². The lowest BCUT2D eigenvalue weighted by Crippen LogP contribution is -2.38. The third kappa shape index (κ3) is 5.47. The number of ether oxygens (including phenoxy) is 1. The van der Waals surface area contributed by atoms with E-state index in [0.29, 0.717) is 18.9 Å². The van der Waals surface area contributed by atoms with Crippen LogP contribution in [0.15, 0.2) is 18.5 Å². The second-order valence-electron chi connectivity index (χ2n) is 5.45. The molecule has 0 aliphatic heterocycles. The number of rotatable bonds is 6. The molecule has 0 saturated carbocycles. The van der Waals surface area contributed by atoms with Crippen LogP contribution in [-0.2, 0) is 0 Å². The van der Waals surface area contributed by atoms with Crippen LogP contribution in [0.2, 0.25) is 0 Å². The molecule has 4 nitrogen and oxygen atoms in total. The minimum atomic E-state index is -0.568. The maximum absolute atomic E-state index is 10.1. The average molecular weight is 252 g/mol. The number of nitrogens with zero attached hydrogens (tertiary/aromatic N) is 1.